The Balaban J connectivity index is 2.42. The van der Waals surface area contributed by atoms with Gasteiger partial charge in [0, 0.05) is 26.2 Å². The largest absolute Gasteiger partial charge is 0.383 e. The molecule has 0 amide bonds. The zero-order valence-electron chi connectivity index (χ0n) is 12.2. The molecule has 0 spiro atoms. The zero-order chi connectivity index (χ0) is 15.8. The lowest BCUT2D eigenvalue weighted by atomic mass is 10.0. The Hall–Kier alpha value is -1.67. The lowest BCUT2D eigenvalue weighted by Crippen LogP contribution is -2.29. The molecule has 2 unspecified atom stereocenters. The Morgan fingerprint density at radius 3 is 2.33 bits per heavy atom. The molecule has 0 bridgehead atoms. The summed E-state index contributed by atoms with van der Waals surface area (Å²) in [6, 6.07) is 3.95. The highest BCUT2D eigenvalue weighted by Crippen LogP contribution is 2.32. The van der Waals surface area contributed by atoms with E-state index in [1.165, 1.54) is 16.4 Å². The van der Waals surface area contributed by atoms with Crippen molar-refractivity contribution in [1.82, 2.24) is 4.31 Å². The number of nitrogens with zero attached hydrogens (tertiary/aromatic N) is 2. The number of nitro benzene ring substituents is 1. The van der Waals surface area contributed by atoms with Crippen LogP contribution in [0.1, 0.15) is 13.8 Å². The predicted octanol–water partition coefficient (Wildman–Crippen LogP) is 1.91. The highest BCUT2D eigenvalue weighted by Gasteiger charge is 2.35. The highest BCUT2D eigenvalue weighted by atomic mass is 32.2. The topological polar surface area (TPSA) is 92.6 Å². The van der Waals surface area contributed by atoms with Gasteiger partial charge in [-0.1, -0.05) is 13.8 Å². The van der Waals surface area contributed by atoms with E-state index >= 15 is 0 Å². The van der Waals surface area contributed by atoms with Crippen LogP contribution in [0.2, 0.25) is 0 Å². The minimum absolute atomic E-state index is 0.0329. The molecule has 116 valence electrons. The van der Waals surface area contributed by atoms with Crippen molar-refractivity contribution in [2.45, 2.75) is 18.7 Å². The summed E-state index contributed by atoms with van der Waals surface area (Å²) in [5.41, 5.74) is 0.0565. The molecule has 1 aliphatic rings. The van der Waals surface area contributed by atoms with Crippen molar-refractivity contribution in [1.29, 1.82) is 0 Å². The summed E-state index contributed by atoms with van der Waals surface area (Å²) in [6.45, 7) is 4.91. The molecule has 8 heteroatoms. The molecule has 1 fully saturated rings. The Labute approximate surface area is 124 Å². The second kappa shape index (κ2) is 5.61. The third kappa shape index (κ3) is 2.86. The van der Waals surface area contributed by atoms with Gasteiger partial charge in [0.15, 0.2) is 0 Å². The van der Waals surface area contributed by atoms with Gasteiger partial charge in [0.1, 0.15) is 5.69 Å². The maximum atomic E-state index is 12.6. The van der Waals surface area contributed by atoms with Crippen molar-refractivity contribution < 1.29 is 13.3 Å². The third-order valence-electron chi connectivity index (χ3n) is 4.03. The van der Waals surface area contributed by atoms with Crippen LogP contribution in [0, 0.1) is 22.0 Å². The van der Waals surface area contributed by atoms with Gasteiger partial charge in [-0.15, -0.1) is 0 Å². The fourth-order valence-corrected chi connectivity index (χ4v) is 4.12. The SMILES string of the molecule is CNc1ccc(S(=O)(=O)N2CC(C)C(C)C2)cc1[N+](=O)[O-]. The minimum atomic E-state index is -3.68. The van der Waals surface area contributed by atoms with Crippen LogP contribution in [0.15, 0.2) is 23.1 Å². The molecule has 1 aromatic rings. The monoisotopic (exact) mass is 313 g/mol. The van der Waals surface area contributed by atoms with Crippen LogP contribution in [0.4, 0.5) is 11.4 Å². The van der Waals surface area contributed by atoms with Crippen LogP contribution in [0.5, 0.6) is 0 Å². The first-order valence-corrected chi connectivity index (χ1v) is 8.17. The van der Waals surface area contributed by atoms with Crippen LogP contribution in [0.3, 0.4) is 0 Å². The summed E-state index contributed by atoms with van der Waals surface area (Å²) < 4.78 is 26.6. The molecule has 0 radical (unpaired) electrons. The van der Waals surface area contributed by atoms with Gasteiger partial charge in [0.2, 0.25) is 10.0 Å². The first-order valence-electron chi connectivity index (χ1n) is 6.73. The van der Waals surface area contributed by atoms with Crippen LogP contribution in [-0.4, -0.2) is 37.8 Å². The van der Waals surface area contributed by atoms with Crippen LogP contribution in [-0.2, 0) is 10.0 Å². The molecule has 0 aromatic heterocycles. The fourth-order valence-electron chi connectivity index (χ4n) is 2.46. The number of benzene rings is 1. The summed E-state index contributed by atoms with van der Waals surface area (Å²) >= 11 is 0. The molecular formula is C13H19N3O4S. The van der Waals surface area contributed by atoms with E-state index in [1.807, 2.05) is 13.8 Å². The first kappa shape index (κ1) is 15.7. The van der Waals surface area contributed by atoms with Crippen LogP contribution in [0.25, 0.3) is 0 Å². The number of nitrogens with one attached hydrogen (secondary N) is 1. The van der Waals surface area contributed by atoms with Crippen molar-refractivity contribution in [3.05, 3.63) is 28.3 Å². The second-order valence-electron chi connectivity index (χ2n) is 5.46. The quantitative estimate of drug-likeness (QED) is 0.677. The molecular weight excluding hydrogens is 294 g/mol. The third-order valence-corrected chi connectivity index (χ3v) is 5.86. The van der Waals surface area contributed by atoms with Crippen molar-refractivity contribution in [3.8, 4) is 0 Å². The number of rotatable bonds is 4. The Morgan fingerprint density at radius 2 is 1.86 bits per heavy atom. The molecule has 1 aromatic carbocycles. The van der Waals surface area contributed by atoms with Crippen molar-refractivity contribution in [2.75, 3.05) is 25.5 Å². The van der Waals surface area contributed by atoms with Gasteiger partial charge in [0.05, 0.1) is 9.82 Å². The second-order valence-corrected chi connectivity index (χ2v) is 7.40. The van der Waals surface area contributed by atoms with E-state index in [0.717, 1.165) is 6.07 Å². The number of sulfonamides is 1. The highest BCUT2D eigenvalue weighted by molar-refractivity contribution is 7.89. The van der Waals surface area contributed by atoms with Crippen LogP contribution < -0.4 is 5.32 Å². The lowest BCUT2D eigenvalue weighted by Gasteiger charge is -2.16. The Kier molecular flexibility index (Phi) is 4.20. The molecule has 2 rings (SSSR count). The molecule has 2 atom stereocenters. The van der Waals surface area contributed by atoms with E-state index in [9.17, 15) is 18.5 Å². The first-order chi connectivity index (χ1) is 9.77. The lowest BCUT2D eigenvalue weighted by molar-refractivity contribution is -0.384. The number of hydrogen-bond acceptors (Lipinski definition) is 5. The summed E-state index contributed by atoms with van der Waals surface area (Å²) in [7, 11) is -2.13. The summed E-state index contributed by atoms with van der Waals surface area (Å²) in [5, 5.41) is 13.7. The molecule has 1 aliphatic heterocycles. The zero-order valence-corrected chi connectivity index (χ0v) is 13.1. The number of anilines is 1. The summed E-state index contributed by atoms with van der Waals surface area (Å²) in [5.74, 6) is 0.567. The minimum Gasteiger partial charge on any atom is -0.383 e. The van der Waals surface area contributed by atoms with Crippen molar-refractivity contribution in [3.63, 3.8) is 0 Å². The van der Waals surface area contributed by atoms with E-state index in [1.54, 1.807) is 7.05 Å². The van der Waals surface area contributed by atoms with Crippen LogP contribution >= 0.6 is 0 Å². The number of nitro groups is 1. The van der Waals surface area contributed by atoms with E-state index in [-0.39, 0.29) is 22.4 Å². The van der Waals surface area contributed by atoms with Gasteiger partial charge in [0.25, 0.3) is 5.69 Å². The molecule has 1 saturated heterocycles. The van der Waals surface area contributed by atoms with Gasteiger partial charge >= 0.3 is 0 Å². The molecule has 0 aliphatic carbocycles. The van der Waals surface area contributed by atoms with Gasteiger partial charge < -0.3 is 5.32 Å². The fraction of sp³-hybridized carbons (Fsp3) is 0.538. The van der Waals surface area contributed by atoms with Crippen molar-refractivity contribution in [2.24, 2.45) is 11.8 Å². The maximum Gasteiger partial charge on any atom is 0.293 e. The van der Waals surface area contributed by atoms with E-state index in [0.29, 0.717) is 18.8 Å². The molecule has 7 nitrogen and oxygen atoms in total. The predicted molar refractivity (Wildman–Crippen MR) is 79.7 cm³/mol. The van der Waals surface area contributed by atoms with E-state index in [2.05, 4.69) is 5.32 Å². The summed E-state index contributed by atoms with van der Waals surface area (Å²) in [6.07, 6.45) is 0. The molecule has 1 heterocycles. The van der Waals surface area contributed by atoms with Gasteiger partial charge in [-0.2, -0.15) is 4.31 Å². The summed E-state index contributed by atoms with van der Waals surface area (Å²) in [4.78, 5) is 10.4. The standard InChI is InChI=1S/C13H19N3O4S/c1-9-7-15(8-10(9)2)21(19,20)11-4-5-12(14-3)13(6-11)16(17)18/h4-6,9-10,14H,7-8H2,1-3H3. The van der Waals surface area contributed by atoms with E-state index in [4.69, 9.17) is 0 Å². The van der Waals surface area contributed by atoms with Gasteiger partial charge in [-0.05, 0) is 24.0 Å². The normalized spacial score (nSPS) is 23.2. The Morgan fingerprint density at radius 1 is 1.29 bits per heavy atom. The van der Waals surface area contributed by atoms with Gasteiger partial charge in [-0.25, -0.2) is 8.42 Å². The smallest absolute Gasteiger partial charge is 0.293 e. The number of hydrogen-bond donors (Lipinski definition) is 1. The van der Waals surface area contributed by atoms with Gasteiger partial charge in [-0.3, -0.25) is 10.1 Å². The molecule has 1 N–H and O–H groups in total. The molecule has 0 saturated carbocycles. The van der Waals surface area contributed by atoms with Crippen molar-refractivity contribution >= 4 is 21.4 Å². The maximum absolute atomic E-state index is 12.6. The Bertz CT molecular complexity index is 649. The average molecular weight is 313 g/mol. The molecule has 21 heavy (non-hydrogen) atoms. The van der Waals surface area contributed by atoms with E-state index < -0.39 is 14.9 Å². The average Bonchev–Trinajstić information content (AvgIpc) is 2.78.